The van der Waals surface area contributed by atoms with Crippen molar-refractivity contribution < 1.29 is 14.6 Å². The number of carbonyl (C=O) groups is 1. The van der Waals surface area contributed by atoms with Gasteiger partial charge in [0.2, 0.25) is 0 Å². The van der Waals surface area contributed by atoms with Gasteiger partial charge >= 0.3 is 0 Å². The number of likely N-dealkylation sites (tertiary alicyclic amines) is 1. The van der Waals surface area contributed by atoms with E-state index in [-0.39, 0.29) is 34.8 Å². The first kappa shape index (κ1) is 29.0. The van der Waals surface area contributed by atoms with Crippen LogP contribution in [0.2, 0.25) is 0 Å². The number of aromatic hydroxyl groups is 1. The molecule has 2 aliphatic heterocycles. The predicted molar refractivity (Wildman–Crippen MR) is 173 cm³/mol. The Morgan fingerprint density at radius 1 is 1.05 bits per heavy atom. The average molecular weight is 590 g/mol. The first-order chi connectivity index (χ1) is 21.2. The number of benzene rings is 3. The molecule has 3 aromatic rings. The van der Waals surface area contributed by atoms with E-state index < -0.39 is 0 Å². The van der Waals surface area contributed by atoms with E-state index in [1.807, 2.05) is 30.1 Å². The summed E-state index contributed by atoms with van der Waals surface area (Å²) in [5, 5.41) is 11.1. The third-order valence-electron chi connectivity index (χ3n) is 11.5. The Morgan fingerprint density at radius 2 is 1.84 bits per heavy atom. The Labute approximate surface area is 261 Å². The van der Waals surface area contributed by atoms with Gasteiger partial charge in [-0.05, 0) is 107 Å². The maximum absolute atomic E-state index is 13.6. The molecule has 2 aliphatic carbocycles. The number of phenols is 1. The second-order valence-electron chi connectivity index (χ2n) is 13.6. The smallest absolute Gasteiger partial charge is 0.298 e. The lowest BCUT2D eigenvalue weighted by molar-refractivity contribution is -0.159. The van der Waals surface area contributed by atoms with Crippen molar-refractivity contribution in [1.29, 1.82) is 0 Å². The van der Waals surface area contributed by atoms with E-state index in [1.165, 1.54) is 27.8 Å². The number of likely N-dealkylation sites (N-methyl/N-ethyl adjacent to an activating group) is 2. The molecule has 5 atom stereocenters. The summed E-state index contributed by atoms with van der Waals surface area (Å²) in [6.45, 7) is 6.10. The Balaban J connectivity index is 1.26. The van der Waals surface area contributed by atoms with Crippen molar-refractivity contribution in [1.82, 2.24) is 14.7 Å². The molecule has 6 heteroatoms. The van der Waals surface area contributed by atoms with Crippen LogP contribution in [0.4, 0.5) is 0 Å². The number of amides is 1. The van der Waals surface area contributed by atoms with Gasteiger partial charge in [-0.3, -0.25) is 9.69 Å². The molecule has 44 heavy (non-hydrogen) atoms. The van der Waals surface area contributed by atoms with Gasteiger partial charge in [0.25, 0.3) is 5.91 Å². The van der Waals surface area contributed by atoms with E-state index in [9.17, 15) is 9.90 Å². The largest absolute Gasteiger partial charge is 0.504 e. The topological polar surface area (TPSA) is 56.2 Å². The van der Waals surface area contributed by atoms with Crippen LogP contribution in [0.3, 0.4) is 0 Å². The third kappa shape index (κ3) is 4.13. The van der Waals surface area contributed by atoms with Gasteiger partial charge in [-0.2, -0.15) is 0 Å². The van der Waals surface area contributed by atoms with Gasteiger partial charge in [-0.15, -0.1) is 0 Å². The molecule has 1 saturated carbocycles. The lowest BCUT2D eigenvalue weighted by atomic mass is 9.46. The second kappa shape index (κ2) is 10.7. The summed E-state index contributed by atoms with van der Waals surface area (Å²) in [6, 6.07) is 20.9. The maximum Gasteiger partial charge on any atom is 0.298 e. The van der Waals surface area contributed by atoms with Gasteiger partial charge in [0.1, 0.15) is 6.10 Å². The van der Waals surface area contributed by atoms with E-state index >= 15 is 0 Å². The molecule has 4 aliphatic rings. The molecule has 0 unspecified atom stereocenters. The van der Waals surface area contributed by atoms with Crippen LogP contribution < -0.4 is 4.74 Å². The van der Waals surface area contributed by atoms with Crippen molar-refractivity contribution >= 4 is 5.91 Å². The molecule has 6 nitrogen and oxygen atoms in total. The molecule has 1 amide bonds. The van der Waals surface area contributed by atoms with E-state index in [1.54, 1.807) is 6.07 Å². The number of phenolic OH excluding ortho intramolecular Hbond substituents is 1. The summed E-state index contributed by atoms with van der Waals surface area (Å²) in [6.07, 6.45) is 4.34. The number of aryl methyl sites for hydroxylation is 2. The number of hydrogen-bond donors (Lipinski definition) is 1. The van der Waals surface area contributed by atoms with Gasteiger partial charge in [-0.25, -0.2) is 0 Å². The van der Waals surface area contributed by atoms with Gasteiger partial charge in [0.05, 0.1) is 11.5 Å². The lowest BCUT2D eigenvalue weighted by Crippen LogP contribution is -2.82. The molecule has 0 radical (unpaired) electrons. The van der Waals surface area contributed by atoms with E-state index in [0.717, 1.165) is 50.8 Å². The van der Waals surface area contributed by atoms with Crippen LogP contribution in [0.15, 0.2) is 60.7 Å². The second-order valence-corrected chi connectivity index (χ2v) is 13.6. The highest BCUT2D eigenvalue weighted by Crippen LogP contribution is 2.67. The summed E-state index contributed by atoms with van der Waals surface area (Å²) in [5.41, 5.74) is 6.51. The number of nitrogens with zero attached hydrogens (tertiary/aromatic N) is 3. The molecule has 2 fully saturated rings. The zero-order valence-electron chi connectivity index (χ0n) is 26.6. The minimum absolute atomic E-state index is 0.154. The number of piperidine rings is 1. The van der Waals surface area contributed by atoms with Gasteiger partial charge in [0.15, 0.2) is 11.5 Å². The van der Waals surface area contributed by atoms with Crippen molar-refractivity contribution in [2.45, 2.75) is 75.1 Å². The Hall–Kier alpha value is -3.79. The molecule has 2 bridgehead atoms. The zero-order valence-corrected chi connectivity index (χ0v) is 26.6. The van der Waals surface area contributed by atoms with Crippen LogP contribution in [-0.2, 0) is 23.1 Å². The molecule has 228 valence electrons. The molecule has 7 rings (SSSR count). The fourth-order valence-corrected chi connectivity index (χ4v) is 9.29. The average Bonchev–Trinajstić information content (AvgIpc) is 3.37. The zero-order chi connectivity index (χ0) is 30.8. The van der Waals surface area contributed by atoms with Gasteiger partial charge in [-0.1, -0.05) is 48.4 Å². The molecule has 3 aromatic carbocycles. The minimum Gasteiger partial charge on any atom is -0.504 e. The molecule has 2 heterocycles. The Bertz CT molecular complexity index is 1670. The lowest BCUT2D eigenvalue weighted by Gasteiger charge is -2.69. The SMILES string of the molecule is Cc1ccc(C#CC(=O)N(C)[C@H]2CC[C@@]3(N(C)C)[C@H]4Cc5ccc(O)c6c5[C@@]3(CCN4CCc3ccccc3)[C@H]2O6)cc1C. The van der Waals surface area contributed by atoms with E-state index in [2.05, 4.69) is 86.0 Å². The molecule has 0 aromatic heterocycles. The summed E-state index contributed by atoms with van der Waals surface area (Å²) >= 11 is 0. The maximum atomic E-state index is 13.6. The minimum atomic E-state index is -0.342. The quantitative estimate of drug-likeness (QED) is 0.431. The van der Waals surface area contributed by atoms with Crippen LogP contribution in [0.25, 0.3) is 0 Å². The van der Waals surface area contributed by atoms with Crippen molar-refractivity contribution in [2.75, 3.05) is 34.2 Å². The van der Waals surface area contributed by atoms with Crippen LogP contribution in [0, 0.1) is 25.7 Å². The molecular formula is C38H43N3O3. The summed E-state index contributed by atoms with van der Waals surface area (Å²) in [4.78, 5) is 20.6. The van der Waals surface area contributed by atoms with E-state index in [4.69, 9.17) is 4.74 Å². The molecule has 1 N–H and O–H groups in total. The fraction of sp³-hybridized carbons (Fsp3) is 0.447. The first-order valence-corrected chi connectivity index (χ1v) is 16.0. The molecule has 1 spiro atoms. The number of carbonyl (C=O) groups excluding carboxylic acids is 1. The number of ether oxygens (including phenoxy) is 1. The number of rotatable bonds is 5. The van der Waals surface area contributed by atoms with Gasteiger partial charge < -0.3 is 19.6 Å². The summed E-state index contributed by atoms with van der Waals surface area (Å²) in [7, 11) is 6.33. The van der Waals surface area contributed by atoms with Crippen molar-refractivity contribution in [3.8, 4) is 23.3 Å². The molecular weight excluding hydrogens is 546 g/mol. The van der Waals surface area contributed by atoms with Crippen molar-refractivity contribution in [3.63, 3.8) is 0 Å². The third-order valence-corrected chi connectivity index (χ3v) is 11.5. The highest BCUT2D eigenvalue weighted by Gasteiger charge is 2.74. The Kier molecular flexibility index (Phi) is 7.03. The van der Waals surface area contributed by atoms with Gasteiger partial charge in [0, 0.05) is 42.2 Å². The van der Waals surface area contributed by atoms with E-state index in [0.29, 0.717) is 11.8 Å². The highest BCUT2D eigenvalue weighted by molar-refractivity contribution is 5.94. The number of hydrogen-bond acceptors (Lipinski definition) is 5. The monoisotopic (exact) mass is 589 g/mol. The summed E-state index contributed by atoms with van der Waals surface area (Å²) in [5.74, 6) is 6.68. The summed E-state index contributed by atoms with van der Waals surface area (Å²) < 4.78 is 6.89. The highest BCUT2D eigenvalue weighted by atomic mass is 16.5. The standard InChI is InChI=1S/C38H43N3O3/c1-25-11-12-28(23-26(25)2)13-16-33(43)40(5)30-17-19-38(39(3)4)32-24-29-14-15-31(42)35-34(29)37(38,36(30)44-35)20-22-41(32)21-18-27-9-7-6-8-10-27/h6-12,14-15,23,30,32,36,42H,17-22,24H2,1-5H3/t30-,32+,36-,37-,38+/m0/s1. The van der Waals surface area contributed by atoms with Crippen LogP contribution in [0.1, 0.15) is 52.6 Å². The predicted octanol–water partition coefficient (Wildman–Crippen LogP) is 4.85. The molecule has 1 saturated heterocycles. The first-order valence-electron chi connectivity index (χ1n) is 16.0. The van der Waals surface area contributed by atoms with Crippen LogP contribution >= 0.6 is 0 Å². The van der Waals surface area contributed by atoms with Crippen LogP contribution in [0.5, 0.6) is 11.5 Å². The van der Waals surface area contributed by atoms with Crippen molar-refractivity contribution in [2.24, 2.45) is 0 Å². The normalized spacial score (nSPS) is 28.1. The van der Waals surface area contributed by atoms with Crippen LogP contribution in [-0.4, -0.2) is 83.7 Å². The van der Waals surface area contributed by atoms with Crippen molar-refractivity contribution in [3.05, 3.63) is 94.0 Å². The Morgan fingerprint density at radius 3 is 2.59 bits per heavy atom. The fourth-order valence-electron chi connectivity index (χ4n) is 9.29.